The van der Waals surface area contributed by atoms with Crippen LogP contribution in [-0.4, -0.2) is 33.3 Å². The Kier molecular flexibility index (Phi) is 5.47. The second-order valence-corrected chi connectivity index (χ2v) is 6.47. The fourth-order valence-electron chi connectivity index (χ4n) is 3.40. The maximum Gasteiger partial charge on any atom is 0.127 e. The second-order valence-electron chi connectivity index (χ2n) is 6.47. The first-order valence-corrected chi connectivity index (χ1v) is 8.56. The molecule has 0 aliphatic carbocycles. The van der Waals surface area contributed by atoms with Crippen LogP contribution < -0.4 is 14.5 Å². The molecule has 0 aromatic heterocycles. The Bertz CT molecular complexity index is 698. The highest BCUT2D eigenvalue weighted by molar-refractivity contribution is 5.36. The summed E-state index contributed by atoms with van der Waals surface area (Å²) in [5.41, 5.74) is 3.36. The van der Waals surface area contributed by atoms with E-state index in [0.717, 1.165) is 37.5 Å². The predicted molar refractivity (Wildman–Crippen MR) is 93.0 cm³/mol. The number of methoxy groups -OCH3 is 1. The number of nitriles is 1. The molecular weight excluding hydrogens is 298 g/mol. The molecule has 0 amide bonds. The monoisotopic (exact) mass is 323 g/mol. The number of nitrogens with one attached hydrogen (secondary N) is 2. The highest BCUT2D eigenvalue weighted by Gasteiger charge is 2.23. The number of benzene rings is 2. The van der Waals surface area contributed by atoms with Crippen molar-refractivity contribution in [2.24, 2.45) is 0 Å². The van der Waals surface area contributed by atoms with Gasteiger partial charge in [-0.15, -0.1) is 0 Å². The maximum absolute atomic E-state index is 9.22. The van der Waals surface area contributed by atoms with Crippen LogP contribution in [0.1, 0.15) is 16.7 Å². The number of piperazine rings is 1. The molecule has 124 valence electrons. The third-order valence-corrected chi connectivity index (χ3v) is 4.86. The first-order valence-electron chi connectivity index (χ1n) is 8.56. The Morgan fingerprint density at radius 3 is 2.17 bits per heavy atom. The molecule has 0 unspecified atom stereocenters. The zero-order valence-corrected chi connectivity index (χ0v) is 14.2. The minimum absolute atomic E-state index is 0.818. The minimum atomic E-state index is 0.818. The standard InChI is InChI=1S/C20H23N3O/c1-24-20-8-6-17(7-9-20)15-22-10-12-23(13-11-22)16-19-5-3-2-4-18(19)14-21/h2-9H,10-13,15-16H2,1H3/p+2. The van der Waals surface area contributed by atoms with Gasteiger partial charge in [-0.2, -0.15) is 5.26 Å². The summed E-state index contributed by atoms with van der Waals surface area (Å²) in [7, 11) is 1.70. The van der Waals surface area contributed by atoms with Crippen LogP contribution in [0.5, 0.6) is 5.75 Å². The lowest BCUT2D eigenvalue weighted by molar-refractivity contribution is -1.02. The maximum atomic E-state index is 9.22. The van der Waals surface area contributed by atoms with E-state index in [1.807, 2.05) is 30.3 Å². The highest BCUT2D eigenvalue weighted by atomic mass is 16.5. The molecule has 0 bridgehead atoms. The highest BCUT2D eigenvalue weighted by Crippen LogP contribution is 2.10. The number of quaternary nitrogens is 2. The van der Waals surface area contributed by atoms with Gasteiger partial charge in [-0.05, 0) is 30.3 Å². The van der Waals surface area contributed by atoms with E-state index >= 15 is 0 Å². The molecule has 4 heteroatoms. The van der Waals surface area contributed by atoms with Gasteiger partial charge in [0.05, 0.1) is 18.7 Å². The summed E-state index contributed by atoms with van der Waals surface area (Å²) in [6.45, 7) is 6.70. The van der Waals surface area contributed by atoms with Gasteiger partial charge in [0.25, 0.3) is 0 Å². The molecule has 4 nitrogen and oxygen atoms in total. The summed E-state index contributed by atoms with van der Waals surface area (Å²) < 4.78 is 5.22. The normalized spacial score (nSPS) is 20.3. The fraction of sp³-hybridized carbons (Fsp3) is 0.350. The Labute approximate surface area is 143 Å². The summed E-state index contributed by atoms with van der Waals surface area (Å²) in [6, 6.07) is 18.7. The molecule has 0 saturated carbocycles. The average Bonchev–Trinajstić information content (AvgIpc) is 2.64. The van der Waals surface area contributed by atoms with Crippen LogP contribution in [0.15, 0.2) is 48.5 Å². The van der Waals surface area contributed by atoms with Crippen LogP contribution in [0.4, 0.5) is 0 Å². The van der Waals surface area contributed by atoms with Gasteiger partial charge in [-0.25, -0.2) is 0 Å². The van der Waals surface area contributed by atoms with Crippen molar-refractivity contribution >= 4 is 0 Å². The van der Waals surface area contributed by atoms with E-state index in [-0.39, 0.29) is 0 Å². The Balaban J connectivity index is 1.51. The summed E-state index contributed by atoms with van der Waals surface area (Å²) in [5, 5.41) is 9.22. The van der Waals surface area contributed by atoms with Crippen LogP contribution in [0.3, 0.4) is 0 Å². The van der Waals surface area contributed by atoms with Crippen LogP contribution in [0.2, 0.25) is 0 Å². The third kappa shape index (κ3) is 4.14. The van der Waals surface area contributed by atoms with Gasteiger partial charge in [-0.1, -0.05) is 18.2 Å². The number of hydrogen-bond donors (Lipinski definition) is 2. The zero-order chi connectivity index (χ0) is 16.8. The smallest absolute Gasteiger partial charge is 0.127 e. The van der Waals surface area contributed by atoms with Gasteiger partial charge in [0.2, 0.25) is 0 Å². The van der Waals surface area contributed by atoms with Gasteiger partial charge in [0, 0.05) is 11.1 Å². The van der Waals surface area contributed by atoms with Crippen LogP contribution in [-0.2, 0) is 13.1 Å². The first-order chi connectivity index (χ1) is 11.8. The van der Waals surface area contributed by atoms with E-state index < -0.39 is 0 Å². The van der Waals surface area contributed by atoms with Crippen molar-refractivity contribution in [3.8, 4) is 11.8 Å². The summed E-state index contributed by atoms with van der Waals surface area (Å²) in [4.78, 5) is 3.22. The topological polar surface area (TPSA) is 41.9 Å². The van der Waals surface area contributed by atoms with E-state index in [1.54, 1.807) is 16.9 Å². The van der Waals surface area contributed by atoms with E-state index in [4.69, 9.17) is 4.74 Å². The molecule has 0 spiro atoms. The molecule has 2 N–H and O–H groups in total. The molecule has 2 aromatic carbocycles. The van der Waals surface area contributed by atoms with Gasteiger partial charge in [0.15, 0.2) is 0 Å². The molecule has 1 aliphatic rings. The largest absolute Gasteiger partial charge is 0.497 e. The predicted octanol–water partition coefficient (Wildman–Crippen LogP) is 0.0505. The van der Waals surface area contributed by atoms with Gasteiger partial charge < -0.3 is 14.5 Å². The van der Waals surface area contributed by atoms with Crippen molar-refractivity contribution in [3.63, 3.8) is 0 Å². The minimum Gasteiger partial charge on any atom is -0.497 e. The Morgan fingerprint density at radius 1 is 0.917 bits per heavy atom. The summed E-state index contributed by atoms with van der Waals surface area (Å²) in [6.07, 6.45) is 0. The molecule has 1 aliphatic heterocycles. The molecule has 1 saturated heterocycles. The van der Waals surface area contributed by atoms with E-state index in [0.29, 0.717) is 0 Å². The first kappa shape index (κ1) is 16.5. The lowest BCUT2D eigenvalue weighted by Gasteiger charge is -2.30. The Morgan fingerprint density at radius 2 is 1.54 bits per heavy atom. The molecule has 2 aromatic rings. The SMILES string of the molecule is COc1ccc(C[NH+]2CC[NH+](Cc3ccccc3C#N)CC2)cc1. The molecular formula is C20H25N3O+2. The van der Waals surface area contributed by atoms with Crippen LogP contribution in [0.25, 0.3) is 0 Å². The van der Waals surface area contributed by atoms with Crippen LogP contribution in [0, 0.1) is 11.3 Å². The number of ether oxygens (including phenoxy) is 1. The molecule has 24 heavy (non-hydrogen) atoms. The molecule has 3 rings (SSSR count). The van der Waals surface area contributed by atoms with Gasteiger partial charge in [0.1, 0.15) is 45.0 Å². The van der Waals surface area contributed by atoms with Gasteiger partial charge >= 0.3 is 0 Å². The molecule has 1 heterocycles. The fourth-order valence-corrected chi connectivity index (χ4v) is 3.40. The van der Waals surface area contributed by atoms with Crippen molar-refractivity contribution in [1.29, 1.82) is 5.26 Å². The van der Waals surface area contributed by atoms with Crippen molar-refractivity contribution in [3.05, 3.63) is 65.2 Å². The number of rotatable bonds is 5. The van der Waals surface area contributed by atoms with Crippen molar-refractivity contribution in [1.82, 2.24) is 0 Å². The number of nitrogens with zero attached hydrogens (tertiary/aromatic N) is 1. The Hall–Kier alpha value is -2.35. The molecule has 0 radical (unpaired) electrons. The molecule has 0 atom stereocenters. The lowest BCUT2D eigenvalue weighted by atomic mass is 10.1. The number of hydrogen-bond acceptors (Lipinski definition) is 2. The van der Waals surface area contributed by atoms with E-state index in [2.05, 4.69) is 24.3 Å². The van der Waals surface area contributed by atoms with Crippen molar-refractivity contribution in [2.45, 2.75) is 13.1 Å². The van der Waals surface area contributed by atoms with Crippen LogP contribution >= 0.6 is 0 Å². The zero-order valence-electron chi connectivity index (χ0n) is 14.2. The quantitative estimate of drug-likeness (QED) is 0.816. The molecule has 1 fully saturated rings. The third-order valence-electron chi connectivity index (χ3n) is 4.86. The van der Waals surface area contributed by atoms with E-state index in [9.17, 15) is 5.26 Å². The second kappa shape index (κ2) is 7.96. The summed E-state index contributed by atoms with van der Waals surface area (Å²) in [5.74, 6) is 0.916. The van der Waals surface area contributed by atoms with E-state index in [1.165, 1.54) is 24.2 Å². The van der Waals surface area contributed by atoms with Crippen molar-refractivity contribution in [2.75, 3.05) is 33.3 Å². The van der Waals surface area contributed by atoms with Crippen molar-refractivity contribution < 1.29 is 14.5 Å². The van der Waals surface area contributed by atoms with Gasteiger partial charge in [-0.3, -0.25) is 0 Å². The average molecular weight is 323 g/mol. The lowest BCUT2D eigenvalue weighted by Crippen LogP contribution is -3.27. The summed E-state index contributed by atoms with van der Waals surface area (Å²) >= 11 is 0.